The molecule has 1 aromatic carbocycles. The summed E-state index contributed by atoms with van der Waals surface area (Å²) in [6.45, 7) is 6.71. The van der Waals surface area contributed by atoms with Crippen LogP contribution in [0.5, 0.6) is 0 Å². The Hall–Kier alpha value is -2.38. The molecule has 0 radical (unpaired) electrons. The standard InChI is InChI=1S/C19H28N4O3/c1-14-5-4-6-16(15(14)2)17(18-11-21-13-23-18)12-26-10-9-25-8-7-22-19(24)20-3/h4-6,11,13,17H,7-10,12H2,1-3H3,(H,21,23)(H2,20,22,24)/t17-/m1/s1. The zero-order valence-corrected chi connectivity index (χ0v) is 15.7. The lowest BCUT2D eigenvalue weighted by Gasteiger charge is -2.19. The number of benzene rings is 1. The van der Waals surface area contributed by atoms with Gasteiger partial charge in [0, 0.05) is 31.4 Å². The van der Waals surface area contributed by atoms with Gasteiger partial charge < -0.3 is 25.1 Å². The molecular formula is C19H28N4O3. The van der Waals surface area contributed by atoms with Gasteiger partial charge in [0.25, 0.3) is 0 Å². The Morgan fingerprint density at radius 3 is 2.77 bits per heavy atom. The van der Waals surface area contributed by atoms with E-state index in [1.165, 1.54) is 16.7 Å². The van der Waals surface area contributed by atoms with Crippen LogP contribution in [0.25, 0.3) is 0 Å². The predicted molar refractivity (Wildman–Crippen MR) is 100 cm³/mol. The van der Waals surface area contributed by atoms with Crippen LogP contribution in [0, 0.1) is 13.8 Å². The minimum absolute atomic E-state index is 0.104. The normalized spacial score (nSPS) is 12.0. The van der Waals surface area contributed by atoms with Crippen LogP contribution in [0.1, 0.15) is 28.3 Å². The molecule has 2 rings (SSSR count). The quantitative estimate of drug-likeness (QED) is 0.566. The minimum Gasteiger partial charge on any atom is -0.378 e. The molecule has 1 atom stereocenters. The molecule has 1 heterocycles. The number of aromatic nitrogens is 2. The number of urea groups is 1. The maximum Gasteiger partial charge on any atom is 0.314 e. The molecule has 0 aliphatic heterocycles. The van der Waals surface area contributed by atoms with E-state index in [-0.39, 0.29) is 11.9 Å². The summed E-state index contributed by atoms with van der Waals surface area (Å²) in [6.07, 6.45) is 3.53. The van der Waals surface area contributed by atoms with Crippen molar-refractivity contribution in [3.8, 4) is 0 Å². The Labute approximate surface area is 154 Å². The van der Waals surface area contributed by atoms with Gasteiger partial charge in [0.2, 0.25) is 0 Å². The van der Waals surface area contributed by atoms with Crippen molar-refractivity contribution in [2.75, 3.05) is 40.0 Å². The number of carbonyl (C=O) groups is 1. The molecule has 0 saturated heterocycles. The van der Waals surface area contributed by atoms with E-state index in [0.29, 0.717) is 33.0 Å². The van der Waals surface area contributed by atoms with E-state index in [0.717, 1.165) is 5.69 Å². The summed E-state index contributed by atoms with van der Waals surface area (Å²) >= 11 is 0. The molecule has 0 fully saturated rings. The zero-order valence-electron chi connectivity index (χ0n) is 15.7. The molecule has 26 heavy (non-hydrogen) atoms. The summed E-state index contributed by atoms with van der Waals surface area (Å²) < 4.78 is 11.3. The van der Waals surface area contributed by atoms with Crippen molar-refractivity contribution in [2.24, 2.45) is 0 Å². The largest absolute Gasteiger partial charge is 0.378 e. The van der Waals surface area contributed by atoms with Gasteiger partial charge in [-0.2, -0.15) is 0 Å². The molecule has 0 aliphatic rings. The number of aromatic amines is 1. The molecule has 0 unspecified atom stereocenters. The molecule has 0 aliphatic carbocycles. The summed E-state index contributed by atoms with van der Waals surface area (Å²) in [4.78, 5) is 18.4. The Balaban J connectivity index is 1.80. The van der Waals surface area contributed by atoms with E-state index in [2.05, 4.69) is 52.6 Å². The first kappa shape index (κ1) is 19.9. The predicted octanol–water partition coefficient (Wildman–Crippen LogP) is 2.12. The monoisotopic (exact) mass is 360 g/mol. The highest BCUT2D eigenvalue weighted by molar-refractivity contribution is 5.73. The van der Waals surface area contributed by atoms with Crippen molar-refractivity contribution in [3.63, 3.8) is 0 Å². The second-order valence-corrected chi connectivity index (χ2v) is 6.04. The molecule has 7 nitrogen and oxygen atoms in total. The van der Waals surface area contributed by atoms with Gasteiger partial charge in [-0.1, -0.05) is 18.2 Å². The number of nitrogens with one attached hydrogen (secondary N) is 3. The van der Waals surface area contributed by atoms with Gasteiger partial charge in [0.1, 0.15) is 0 Å². The summed E-state index contributed by atoms with van der Waals surface area (Å²) in [5.41, 5.74) is 4.81. The fourth-order valence-corrected chi connectivity index (χ4v) is 2.70. The Morgan fingerprint density at radius 2 is 2.04 bits per heavy atom. The second-order valence-electron chi connectivity index (χ2n) is 6.04. The van der Waals surface area contributed by atoms with Crippen LogP contribution < -0.4 is 10.6 Å². The molecule has 3 N–H and O–H groups in total. The number of nitrogens with zero attached hydrogens (tertiary/aromatic N) is 1. The molecule has 2 amide bonds. The smallest absolute Gasteiger partial charge is 0.314 e. The number of imidazole rings is 1. The average Bonchev–Trinajstić information content (AvgIpc) is 3.17. The lowest BCUT2D eigenvalue weighted by atomic mass is 9.91. The second kappa shape index (κ2) is 10.6. The summed E-state index contributed by atoms with van der Waals surface area (Å²) in [7, 11) is 1.58. The van der Waals surface area contributed by atoms with E-state index in [9.17, 15) is 4.79 Å². The van der Waals surface area contributed by atoms with Crippen molar-refractivity contribution in [1.82, 2.24) is 20.6 Å². The Morgan fingerprint density at radius 1 is 1.23 bits per heavy atom. The summed E-state index contributed by atoms with van der Waals surface area (Å²) in [5.74, 6) is 0.104. The highest BCUT2D eigenvalue weighted by Gasteiger charge is 2.18. The number of aryl methyl sites for hydroxylation is 1. The SMILES string of the molecule is CNC(=O)NCCOCCOC[C@@H](c1cnc[nH]1)c1cccc(C)c1C. The van der Waals surface area contributed by atoms with Crippen molar-refractivity contribution < 1.29 is 14.3 Å². The first-order valence-electron chi connectivity index (χ1n) is 8.79. The Bertz CT molecular complexity index is 673. The maximum atomic E-state index is 11.0. The van der Waals surface area contributed by atoms with Crippen molar-refractivity contribution >= 4 is 6.03 Å². The van der Waals surface area contributed by atoms with Crippen molar-refractivity contribution in [1.29, 1.82) is 0 Å². The highest BCUT2D eigenvalue weighted by atomic mass is 16.5. The van der Waals surface area contributed by atoms with Gasteiger partial charge in [0.05, 0.1) is 32.8 Å². The molecule has 0 spiro atoms. The van der Waals surface area contributed by atoms with Gasteiger partial charge in [-0.15, -0.1) is 0 Å². The van der Waals surface area contributed by atoms with Crippen LogP contribution in [0.4, 0.5) is 4.79 Å². The van der Waals surface area contributed by atoms with Gasteiger partial charge in [-0.05, 0) is 30.5 Å². The Kier molecular flexibility index (Phi) is 8.11. The lowest BCUT2D eigenvalue weighted by molar-refractivity contribution is 0.0463. The molecule has 7 heteroatoms. The summed E-state index contributed by atoms with van der Waals surface area (Å²) in [6, 6.07) is 6.12. The zero-order chi connectivity index (χ0) is 18.8. The van der Waals surface area contributed by atoms with Crippen LogP contribution in [0.15, 0.2) is 30.7 Å². The molecule has 1 aromatic heterocycles. The van der Waals surface area contributed by atoms with E-state index in [1.807, 2.05) is 6.20 Å². The fraction of sp³-hybridized carbons (Fsp3) is 0.474. The van der Waals surface area contributed by atoms with Crippen LogP contribution in [0.3, 0.4) is 0 Å². The number of hydrogen-bond acceptors (Lipinski definition) is 4. The average molecular weight is 360 g/mol. The van der Waals surface area contributed by atoms with Gasteiger partial charge >= 0.3 is 6.03 Å². The van der Waals surface area contributed by atoms with Crippen LogP contribution in [-0.2, 0) is 9.47 Å². The minimum atomic E-state index is -0.208. The van der Waals surface area contributed by atoms with Crippen molar-refractivity contribution in [2.45, 2.75) is 19.8 Å². The molecular weight excluding hydrogens is 332 g/mol. The topological polar surface area (TPSA) is 88.3 Å². The maximum absolute atomic E-state index is 11.0. The molecule has 142 valence electrons. The van der Waals surface area contributed by atoms with Crippen LogP contribution in [-0.4, -0.2) is 56.0 Å². The number of amides is 2. The van der Waals surface area contributed by atoms with Crippen LogP contribution >= 0.6 is 0 Å². The first-order chi connectivity index (χ1) is 12.6. The van der Waals surface area contributed by atoms with E-state index in [4.69, 9.17) is 9.47 Å². The molecule has 0 saturated carbocycles. The number of H-pyrrole nitrogens is 1. The third-order valence-electron chi connectivity index (χ3n) is 4.33. The number of hydrogen-bond donors (Lipinski definition) is 3. The summed E-state index contributed by atoms with van der Waals surface area (Å²) in [5, 5.41) is 5.15. The first-order valence-corrected chi connectivity index (χ1v) is 8.79. The van der Waals surface area contributed by atoms with Gasteiger partial charge in [-0.25, -0.2) is 9.78 Å². The number of rotatable bonds is 10. The lowest BCUT2D eigenvalue weighted by Crippen LogP contribution is -2.35. The number of ether oxygens (including phenoxy) is 2. The third-order valence-corrected chi connectivity index (χ3v) is 4.33. The fourth-order valence-electron chi connectivity index (χ4n) is 2.70. The number of carbonyl (C=O) groups excluding carboxylic acids is 1. The van der Waals surface area contributed by atoms with E-state index < -0.39 is 0 Å². The van der Waals surface area contributed by atoms with Crippen LogP contribution in [0.2, 0.25) is 0 Å². The van der Waals surface area contributed by atoms with Gasteiger partial charge in [0.15, 0.2) is 0 Å². The molecule has 2 aromatic rings. The van der Waals surface area contributed by atoms with E-state index >= 15 is 0 Å². The highest BCUT2D eigenvalue weighted by Crippen LogP contribution is 2.27. The third kappa shape index (κ3) is 5.86. The molecule has 0 bridgehead atoms. The van der Waals surface area contributed by atoms with Crippen molar-refractivity contribution in [3.05, 3.63) is 53.1 Å². The van der Waals surface area contributed by atoms with E-state index in [1.54, 1.807) is 13.4 Å². The van der Waals surface area contributed by atoms with Gasteiger partial charge in [-0.3, -0.25) is 0 Å².